The molecule has 28 heavy (non-hydrogen) atoms. The van der Waals surface area contributed by atoms with Crippen LogP contribution in [-0.2, 0) is 32.6 Å². The normalized spacial score (nSPS) is 24.8. The maximum Gasteiger partial charge on any atom is 0.183 e. The lowest BCUT2D eigenvalue weighted by molar-refractivity contribution is 0.195. The van der Waals surface area contributed by atoms with Crippen molar-refractivity contribution in [1.82, 2.24) is 4.90 Å². The minimum atomic E-state index is -3.91. The van der Waals surface area contributed by atoms with Gasteiger partial charge in [0, 0.05) is 19.1 Å². The van der Waals surface area contributed by atoms with E-state index in [1.165, 1.54) is 24.6 Å². The summed E-state index contributed by atoms with van der Waals surface area (Å²) < 4.78 is 64.9. The number of halogens is 1. The standard InChI is InChI=1S/C20H22FNO4S2/c1-14-10-17(6-7-18(14)21)28(25,26)20-13-27(23,24)12-19(20)22-9-8-15-4-2-3-5-16(15)11-22/h2-7,10,19-20H,8-9,11-13H2,1H3/t19-,20-/m1/s1. The van der Waals surface area contributed by atoms with Crippen molar-refractivity contribution in [1.29, 1.82) is 0 Å². The SMILES string of the molecule is Cc1cc(S(=O)(=O)[C@@H]2CS(=O)(=O)C[C@H]2N2CCc3ccccc3C2)ccc1F. The molecule has 0 bridgehead atoms. The smallest absolute Gasteiger partial charge is 0.183 e. The second-order valence-corrected chi connectivity index (χ2v) is 11.9. The molecule has 8 heteroatoms. The first kappa shape index (κ1) is 19.5. The second-order valence-electron chi connectivity index (χ2n) is 7.63. The predicted molar refractivity (Wildman–Crippen MR) is 105 cm³/mol. The van der Waals surface area contributed by atoms with Crippen LogP contribution < -0.4 is 0 Å². The zero-order valence-corrected chi connectivity index (χ0v) is 17.1. The van der Waals surface area contributed by atoms with Crippen LogP contribution in [0.1, 0.15) is 16.7 Å². The van der Waals surface area contributed by atoms with Crippen molar-refractivity contribution < 1.29 is 21.2 Å². The molecule has 0 radical (unpaired) electrons. The topological polar surface area (TPSA) is 71.5 Å². The molecule has 2 heterocycles. The summed E-state index contributed by atoms with van der Waals surface area (Å²) in [5, 5.41) is -1.05. The van der Waals surface area contributed by atoms with Crippen LogP contribution in [0.15, 0.2) is 47.4 Å². The highest BCUT2D eigenvalue weighted by molar-refractivity contribution is 7.96. The van der Waals surface area contributed by atoms with Gasteiger partial charge in [-0.25, -0.2) is 21.2 Å². The number of fused-ring (bicyclic) bond motifs is 1. The van der Waals surface area contributed by atoms with E-state index < -0.39 is 42.5 Å². The van der Waals surface area contributed by atoms with Crippen molar-refractivity contribution in [3.63, 3.8) is 0 Å². The molecule has 0 N–H and O–H groups in total. The zero-order chi connectivity index (χ0) is 20.1. The van der Waals surface area contributed by atoms with E-state index in [0.29, 0.717) is 13.1 Å². The number of rotatable bonds is 3. The second kappa shape index (κ2) is 6.93. The van der Waals surface area contributed by atoms with Gasteiger partial charge in [0.05, 0.1) is 21.7 Å². The van der Waals surface area contributed by atoms with Crippen LogP contribution in [0.5, 0.6) is 0 Å². The van der Waals surface area contributed by atoms with Gasteiger partial charge in [-0.15, -0.1) is 0 Å². The number of nitrogens with zero attached hydrogens (tertiary/aromatic N) is 1. The molecule has 2 aromatic carbocycles. The van der Waals surface area contributed by atoms with E-state index in [2.05, 4.69) is 0 Å². The molecule has 4 rings (SSSR count). The summed E-state index contributed by atoms with van der Waals surface area (Å²) in [5.74, 6) is -1.05. The van der Waals surface area contributed by atoms with Gasteiger partial charge >= 0.3 is 0 Å². The summed E-state index contributed by atoms with van der Waals surface area (Å²) in [6, 6.07) is 11.0. The number of aryl methyl sites for hydroxylation is 1. The first-order chi connectivity index (χ1) is 13.2. The molecule has 0 unspecified atom stereocenters. The van der Waals surface area contributed by atoms with Gasteiger partial charge in [-0.05, 0) is 48.2 Å². The van der Waals surface area contributed by atoms with Crippen molar-refractivity contribution in [2.24, 2.45) is 0 Å². The van der Waals surface area contributed by atoms with Crippen molar-refractivity contribution in [3.05, 3.63) is 65.0 Å². The molecule has 0 aliphatic carbocycles. The third-order valence-corrected chi connectivity index (χ3v) is 9.87. The first-order valence-electron chi connectivity index (χ1n) is 9.19. The fraction of sp³-hybridized carbons (Fsp3) is 0.400. The molecule has 2 aliphatic rings. The Morgan fingerprint density at radius 1 is 1.07 bits per heavy atom. The van der Waals surface area contributed by atoms with Crippen LogP contribution in [0.2, 0.25) is 0 Å². The van der Waals surface area contributed by atoms with Gasteiger partial charge in [0.25, 0.3) is 0 Å². The van der Waals surface area contributed by atoms with E-state index in [1.54, 1.807) is 0 Å². The Morgan fingerprint density at radius 3 is 2.50 bits per heavy atom. The number of hydrogen-bond donors (Lipinski definition) is 0. The molecule has 0 amide bonds. The summed E-state index contributed by atoms with van der Waals surface area (Å²) in [5.41, 5.74) is 2.55. The third kappa shape index (κ3) is 3.49. The molecule has 2 atom stereocenters. The molecule has 1 saturated heterocycles. The minimum absolute atomic E-state index is 0.0177. The first-order valence-corrected chi connectivity index (χ1v) is 12.6. The Morgan fingerprint density at radius 2 is 1.79 bits per heavy atom. The molecular formula is C20H22FNO4S2. The van der Waals surface area contributed by atoms with Crippen molar-refractivity contribution in [3.8, 4) is 0 Å². The lowest BCUT2D eigenvalue weighted by Gasteiger charge is -2.35. The average molecular weight is 424 g/mol. The fourth-order valence-corrected chi connectivity index (χ4v) is 9.12. The molecule has 0 saturated carbocycles. The number of hydrogen-bond acceptors (Lipinski definition) is 5. The summed E-state index contributed by atoms with van der Waals surface area (Å²) in [6.45, 7) is 2.65. The van der Waals surface area contributed by atoms with E-state index in [4.69, 9.17) is 0 Å². The van der Waals surface area contributed by atoms with Gasteiger partial charge in [-0.2, -0.15) is 0 Å². The van der Waals surface area contributed by atoms with Crippen LogP contribution in [0.4, 0.5) is 4.39 Å². The van der Waals surface area contributed by atoms with Crippen molar-refractivity contribution >= 4 is 19.7 Å². The zero-order valence-electron chi connectivity index (χ0n) is 15.5. The lowest BCUT2D eigenvalue weighted by atomic mass is 9.98. The van der Waals surface area contributed by atoms with Gasteiger partial charge in [0.15, 0.2) is 19.7 Å². The van der Waals surface area contributed by atoms with Crippen LogP contribution >= 0.6 is 0 Å². The molecular weight excluding hydrogens is 401 g/mol. The van der Waals surface area contributed by atoms with Crippen LogP contribution in [-0.4, -0.2) is 51.1 Å². The Balaban J connectivity index is 1.70. The van der Waals surface area contributed by atoms with Crippen LogP contribution in [0.3, 0.4) is 0 Å². The van der Waals surface area contributed by atoms with Gasteiger partial charge in [-0.1, -0.05) is 24.3 Å². The van der Waals surface area contributed by atoms with Gasteiger partial charge in [-0.3, -0.25) is 4.90 Å². The maximum absolute atomic E-state index is 13.6. The Labute approximate surface area is 165 Å². The van der Waals surface area contributed by atoms with E-state index in [9.17, 15) is 21.2 Å². The molecule has 1 fully saturated rings. The Hall–Kier alpha value is -1.77. The van der Waals surface area contributed by atoms with Crippen LogP contribution in [0, 0.1) is 12.7 Å². The van der Waals surface area contributed by atoms with Crippen molar-refractivity contribution in [2.45, 2.75) is 36.1 Å². The van der Waals surface area contributed by atoms with E-state index >= 15 is 0 Å². The molecule has 0 aromatic heterocycles. The summed E-state index contributed by atoms with van der Waals surface area (Å²) in [7, 11) is -7.39. The van der Waals surface area contributed by atoms with E-state index in [1.807, 2.05) is 29.2 Å². The lowest BCUT2D eigenvalue weighted by Crippen LogP contribution is -2.48. The van der Waals surface area contributed by atoms with Gasteiger partial charge in [0.1, 0.15) is 5.82 Å². The average Bonchev–Trinajstić information content (AvgIpc) is 3.00. The Bertz CT molecular complexity index is 1130. The fourth-order valence-electron chi connectivity index (χ4n) is 4.20. The summed E-state index contributed by atoms with van der Waals surface area (Å²) in [6.07, 6.45) is 0.759. The molecule has 5 nitrogen and oxygen atoms in total. The summed E-state index contributed by atoms with van der Waals surface area (Å²) in [4.78, 5) is 1.96. The molecule has 2 aromatic rings. The predicted octanol–water partition coefficient (Wildman–Crippen LogP) is 2.13. The number of sulfone groups is 2. The molecule has 0 spiro atoms. The van der Waals surface area contributed by atoms with E-state index in [0.717, 1.165) is 18.1 Å². The highest BCUT2D eigenvalue weighted by Gasteiger charge is 2.48. The maximum atomic E-state index is 13.6. The van der Waals surface area contributed by atoms with Crippen molar-refractivity contribution in [2.75, 3.05) is 18.1 Å². The highest BCUT2D eigenvalue weighted by Crippen LogP contribution is 2.32. The third-order valence-electron chi connectivity index (χ3n) is 5.76. The molecule has 2 aliphatic heterocycles. The number of benzene rings is 2. The quantitative estimate of drug-likeness (QED) is 0.708. The summed E-state index contributed by atoms with van der Waals surface area (Å²) >= 11 is 0. The largest absolute Gasteiger partial charge is 0.293 e. The molecule has 150 valence electrons. The Kier molecular flexibility index (Phi) is 4.84. The van der Waals surface area contributed by atoms with Crippen LogP contribution in [0.25, 0.3) is 0 Å². The highest BCUT2D eigenvalue weighted by atomic mass is 32.2. The van der Waals surface area contributed by atoms with E-state index in [-0.39, 0.29) is 16.2 Å². The monoisotopic (exact) mass is 423 g/mol. The van der Waals surface area contributed by atoms with Gasteiger partial charge < -0.3 is 0 Å². The minimum Gasteiger partial charge on any atom is -0.293 e. The van der Waals surface area contributed by atoms with Gasteiger partial charge in [0.2, 0.25) is 0 Å².